The van der Waals surface area contributed by atoms with Gasteiger partial charge in [0.1, 0.15) is 0 Å². The lowest BCUT2D eigenvalue weighted by molar-refractivity contribution is 1.54. The van der Waals surface area contributed by atoms with Crippen molar-refractivity contribution in [2.45, 2.75) is 0 Å². The first-order valence-corrected chi connectivity index (χ1v) is 9.11. The number of hydrogen-bond donors (Lipinski definition) is 1. The van der Waals surface area contributed by atoms with E-state index in [4.69, 9.17) is 6.85 Å². The second-order valence-corrected chi connectivity index (χ2v) is 7.10. The van der Waals surface area contributed by atoms with Crippen LogP contribution in [0.5, 0.6) is 0 Å². The number of rotatable bonds is 3. The smallest absolute Gasteiger partial charge is 0.0645 e. The maximum atomic E-state index is 8.05. The zero-order chi connectivity index (χ0) is 21.7. The second-order valence-electron chi connectivity index (χ2n) is 6.01. The van der Waals surface area contributed by atoms with Gasteiger partial charge in [0.05, 0.1) is 6.85 Å². The minimum atomic E-state index is -0.396. The number of thiophene rings is 1. The molecule has 0 aliphatic heterocycles. The summed E-state index contributed by atoms with van der Waals surface area (Å²) in [6.45, 7) is 0. The van der Waals surface area contributed by atoms with E-state index in [0.717, 1.165) is 11.1 Å². The molecule has 0 unspecified atom stereocenters. The third kappa shape index (κ3) is 2.75. The van der Waals surface area contributed by atoms with Gasteiger partial charge in [-0.1, -0.05) is 54.5 Å². The van der Waals surface area contributed by atoms with Gasteiger partial charge in [-0.3, -0.25) is 0 Å². The van der Waals surface area contributed by atoms with E-state index >= 15 is 0 Å². The first-order valence-electron chi connectivity index (χ1n) is 10.8. The van der Waals surface area contributed by atoms with Gasteiger partial charge < -0.3 is 5.32 Å². The summed E-state index contributed by atoms with van der Waals surface area (Å²) in [5, 5.41) is 5.47. The van der Waals surface area contributed by atoms with Crippen LogP contribution in [0.2, 0.25) is 0 Å². The molecule has 0 bridgehead atoms. The maximum Gasteiger partial charge on any atom is 0.0645 e. The van der Waals surface area contributed by atoms with Crippen molar-refractivity contribution in [3.8, 4) is 11.1 Å². The van der Waals surface area contributed by atoms with Crippen molar-refractivity contribution >= 4 is 42.9 Å². The molecule has 0 radical (unpaired) electrons. The Morgan fingerprint density at radius 3 is 2.23 bits per heavy atom. The van der Waals surface area contributed by atoms with Crippen LogP contribution in [0.4, 0.5) is 11.4 Å². The van der Waals surface area contributed by atoms with Crippen LogP contribution in [0.15, 0.2) is 96.9 Å². The van der Waals surface area contributed by atoms with Crippen LogP contribution in [0.25, 0.3) is 31.3 Å². The maximum absolute atomic E-state index is 8.05. The summed E-state index contributed by atoms with van der Waals surface area (Å²) in [4.78, 5) is 0. The molecule has 5 rings (SSSR count). The molecule has 0 aliphatic carbocycles. The van der Waals surface area contributed by atoms with Crippen molar-refractivity contribution in [1.82, 2.24) is 0 Å². The monoisotopic (exact) mass is 356 g/mol. The number of fused-ring (bicyclic) bond motifs is 3. The van der Waals surface area contributed by atoms with Gasteiger partial charge in [0.25, 0.3) is 0 Å². The van der Waals surface area contributed by atoms with E-state index in [1.807, 2.05) is 24.3 Å². The number of benzene rings is 4. The van der Waals surface area contributed by atoms with Gasteiger partial charge in [-0.2, -0.15) is 0 Å². The molecule has 26 heavy (non-hydrogen) atoms. The molecule has 4 aromatic carbocycles. The number of anilines is 2. The van der Waals surface area contributed by atoms with Crippen molar-refractivity contribution in [3.63, 3.8) is 0 Å². The number of para-hydroxylation sites is 1. The van der Waals surface area contributed by atoms with Gasteiger partial charge >= 0.3 is 0 Å². The molecular weight excluding hydrogens is 334 g/mol. The Hall–Kier alpha value is -3.10. The van der Waals surface area contributed by atoms with Crippen LogP contribution in [0.3, 0.4) is 0 Å². The molecule has 1 N–H and O–H groups in total. The highest BCUT2D eigenvalue weighted by Crippen LogP contribution is 2.36. The normalized spacial score (nSPS) is 13.8. The lowest BCUT2D eigenvalue weighted by atomic mass is 10.0. The molecule has 5 aromatic rings. The third-order valence-electron chi connectivity index (χ3n) is 4.36. The average Bonchev–Trinajstić information content (AvgIpc) is 3.17. The topological polar surface area (TPSA) is 12.0 Å². The first kappa shape index (κ1) is 10.8. The van der Waals surface area contributed by atoms with Gasteiger partial charge in [0, 0.05) is 31.5 Å². The minimum Gasteiger partial charge on any atom is -0.356 e. The number of hydrogen-bond acceptors (Lipinski definition) is 2. The van der Waals surface area contributed by atoms with Crippen LogP contribution in [-0.2, 0) is 0 Å². The molecular formula is C24H17NS. The van der Waals surface area contributed by atoms with Gasteiger partial charge in [-0.05, 0) is 53.5 Å². The fourth-order valence-electron chi connectivity index (χ4n) is 3.11. The van der Waals surface area contributed by atoms with Gasteiger partial charge in [0.15, 0.2) is 0 Å². The average molecular weight is 357 g/mol. The quantitative estimate of drug-likeness (QED) is 0.353. The Morgan fingerprint density at radius 1 is 0.654 bits per heavy atom. The van der Waals surface area contributed by atoms with E-state index in [-0.39, 0.29) is 29.9 Å². The molecule has 0 saturated heterocycles. The minimum absolute atomic E-state index is 0.0740. The molecule has 1 aromatic heterocycles. The van der Waals surface area contributed by atoms with Crippen LogP contribution in [-0.4, -0.2) is 0 Å². The highest BCUT2D eigenvalue weighted by Gasteiger charge is 2.06. The summed E-state index contributed by atoms with van der Waals surface area (Å²) >= 11 is 1.79. The van der Waals surface area contributed by atoms with E-state index in [2.05, 4.69) is 47.8 Å². The lowest BCUT2D eigenvalue weighted by Crippen LogP contribution is -1.89. The van der Waals surface area contributed by atoms with Crippen molar-refractivity contribution in [2.24, 2.45) is 0 Å². The lowest BCUT2D eigenvalue weighted by Gasteiger charge is -2.08. The molecule has 0 spiro atoms. The van der Waals surface area contributed by atoms with Gasteiger partial charge in [-0.15, -0.1) is 11.3 Å². The highest BCUT2D eigenvalue weighted by molar-refractivity contribution is 7.25. The summed E-state index contributed by atoms with van der Waals surface area (Å²) in [7, 11) is 0. The van der Waals surface area contributed by atoms with Crippen LogP contribution >= 0.6 is 11.3 Å². The van der Waals surface area contributed by atoms with Crippen LogP contribution in [0, 0.1) is 0 Å². The van der Waals surface area contributed by atoms with Crippen LogP contribution in [0.1, 0.15) is 6.85 Å². The summed E-state index contributed by atoms with van der Waals surface area (Å²) in [6.07, 6.45) is 0. The summed E-state index contributed by atoms with van der Waals surface area (Å²) in [5.74, 6) is 0. The van der Waals surface area contributed by atoms with Gasteiger partial charge in [0.2, 0.25) is 0 Å². The van der Waals surface area contributed by atoms with Crippen molar-refractivity contribution < 1.29 is 6.85 Å². The Morgan fingerprint density at radius 2 is 1.38 bits per heavy atom. The predicted octanol–water partition coefficient (Wildman–Crippen LogP) is 7.47. The molecule has 1 heterocycles. The van der Waals surface area contributed by atoms with Crippen molar-refractivity contribution in [1.29, 1.82) is 0 Å². The molecule has 0 atom stereocenters. The second kappa shape index (κ2) is 6.32. The van der Waals surface area contributed by atoms with E-state index in [9.17, 15) is 0 Å². The first-order chi connectivity index (χ1) is 14.9. The summed E-state index contributed by atoms with van der Waals surface area (Å²) in [6, 6.07) is 20.9. The third-order valence-corrected chi connectivity index (χ3v) is 5.52. The molecule has 124 valence electrons. The zero-order valence-corrected chi connectivity index (χ0v) is 14.6. The Labute approximate surface area is 163 Å². The van der Waals surface area contributed by atoms with Crippen molar-refractivity contribution in [3.05, 3.63) is 96.9 Å². The molecule has 2 heteroatoms. The molecule has 0 saturated carbocycles. The predicted molar refractivity (Wildman–Crippen MR) is 114 cm³/mol. The van der Waals surface area contributed by atoms with Crippen LogP contribution < -0.4 is 5.32 Å². The SMILES string of the molecule is [2H]c1c([2H])c([2H])c(Nc2ccc(-c3ccc4sc5ccccc5c4c3)cc2)c([2H])c1[2H]. The summed E-state index contributed by atoms with van der Waals surface area (Å²) < 4.78 is 42.0. The molecule has 0 aliphatic rings. The molecule has 1 nitrogen and oxygen atoms in total. The molecule has 0 fully saturated rings. The van der Waals surface area contributed by atoms with Gasteiger partial charge in [-0.25, -0.2) is 0 Å². The Balaban J connectivity index is 1.49. The van der Waals surface area contributed by atoms with E-state index in [1.165, 1.54) is 20.2 Å². The van der Waals surface area contributed by atoms with E-state index < -0.39 is 6.04 Å². The highest BCUT2D eigenvalue weighted by atomic mass is 32.1. The Bertz CT molecular complexity index is 1430. The standard InChI is InChI=1S/C24H17NS/c1-2-6-19(7-3-1)25-20-13-10-17(11-14-20)18-12-15-24-22(16-18)21-8-4-5-9-23(21)26-24/h1-16,25H/i1D,2D,3D,6D,7D. The number of nitrogens with one attached hydrogen (secondary N) is 1. The van der Waals surface area contributed by atoms with E-state index in [1.54, 1.807) is 11.3 Å². The fraction of sp³-hybridized carbons (Fsp3) is 0. The molecule has 0 amide bonds. The Kier molecular flexibility index (Phi) is 2.62. The van der Waals surface area contributed by atoms with Crippen molar-refractivity contribution in [2.75, 3.05) is 5.32 Å². The van der Waals surface area contributed by atoms with E-state index in [0.29, 0.717) is 5.69 Å². The fourth-order valence-corrected chi connectivity index (χ4v) is 4.19. The zero-order valence-electron chi connectivity index (χ0n) is 18.8. The largest absolute Gasteiger partial charge is 0.356 e. The summed E-state index contributed by atoms with van der Waals surface area (Å²) in [5.41, 5.74) is 2.88.